The van der Waals surface area contributed by atoms with E-state index < -0.39 is 0 Å². The second-order valence-electron chi connectivity index (χ2n) is 3.10. The van der Waals surface area contributed by atoms with Gasteiger partial charge in [-0.1, -0.05) is 30.9 Å². The second-order valence-corrected chi connectivity index (χ2v) is 4.13. The Bertz CT molecular complexity index is 358. The van der Waals surface area contributed by atoms with E-state index in [1.165, 1.54) is 4.88 Å². The van der Waals surface area contributed by atoms with Gasteiger partial charge in [0.25, 0.3) is 0 Å². The average molecular weight is 220 g/mol. The molecule has 0 aliphatic carbocycles. The minimum atomic E-state index is 0.738. The van der Waals surface area contributed by atoms with Gasteiger partial charge in [-0.15, -0.1) is 11.3 Å². The van der Waals surface area contributed by atoms with Gasteiger partial charge in [-0.25, -0.2) is 0 Å². The standard InChI is InChI=1S/C13H16OS/c1-4-5-7-12(11(2)14-3)10-13-8-6-9-15-13/h4-9H,2,10H2,1,3H3/b5-4-,12-7-. The third-order valence-corrected chi connectivity index (χ3v) is 2.92. The number of thiophene rings is 1. The highest BCUT2D eigenvalue weighted by Crippen LogP contribution is 2.19. The van der Waals surface area contributed by atoms with Crippen LogP contribution in [-0.4, -0.2) is 7.11 Å². The molecule has 0 atom stereocenters. The SMILES string of the molecule is C=C(OC)/C(=C\C=C/C)Cc1cccs1. The molecule has 0 spiro atoms. The van der Waals surface area contributed by atoms with Crippen LogP contribution in [0.2, 0.25) is 0 Å². The maximum atomic E-state index is 5.17. The number of hydrogen-bond donors (Lipinski definition) is 0. The Balaban J connectivity index is 2.78. The van der Waals surface area contributed by atoms with E-state index in [0.717, 1.165) is 17.8 Å². The predicted molar refractivity (Wildman–Crippen MR) is 67.1 cm³/mol. The third kappa shape index (κ3) is 3.76. The lowest BCUT2D eigenvalue weighted by Crippen LogP contribution is -1.94. The van der Waals surface area contributed by atoms with Crippen molar-refractivity contribution in [2.45, 2.75) is 13.3 Å². The minimum Gasteiger partial charge on any atom is -0.497 e. The highest BCUT2D eigenvalue weighted by molar-refractivity contribution is 7.09. The minimum absolute atomic E-state index is 0.738. The zero-order valence-electron chi connectivity index (χ0n) is 9.19. The monoisotopic (exact) mass is 220 g/mol. The van der Waals surface area contributed by atoms with Gasteiger partial charge in [0.2, 0.25) is 0 Å². The summed E-state index contributed by atoms with van der Waals surface area (Å²) in [6.07, 6.45) is 6.94. The first-order valence-corrected chi connectivity index (χ1v) is 5.73. The average Bonchev–Trinajstić information content (AvgIpc) is 2.75. The van der Waals surface area contributed by atoms with E-state index in [0.29, 0.717) is 0 Å². The van der Waals surface area contributed by atoms with Crippen molar-refractivity contribution in [3.8, 4) is 0 Å². The molecule has 1 nitrogen and oxygen atoms in total. The summed E-state index contributed by atoms with van der Waals surface area (Å²) < 4.78 is 5.17. The van der Waals surface area contributed by atoms with Crippen LogP contribution < -0.4 is 0 Å². The van der Waals surface area contributed by atoms with Crippen molar-refractivity contribution in [1.29, 1.82) is 0 Å². The Morgan fingerprint density at radius 1 is 1.60 bits per heavy atom. The fraction of sp³-hybridized carbons (Fsp3) is 0.231. The second kappa shape index (κ2) is 6.25. The maximum Gasteiger partial charge on any atom is 0.115 e. The third-order valence-electron chi connectivity index (χ3n) is 2.04. The van der Waals surface area contributed by atoms with E-state index in [-0.39, 0.29) is 0 Å². The zero-order valence-corrected chi connectivity index (χ0v) is 10.0. The molecular formula is C13H16OS. The van der Waals surface area contributed by atoms with E-state index in [2.05, 4.69) is 24.1 Å². The highest BCUT2D eigenvalue weighted by Gasteiger charge is 2.04. The normalized spacial score (nSPS) is 12.0. The summed E-state index contributed by atoms with van der Waals surface area (Å²) in [5.41, 5.74) is 1.12. The molecule has 1 aromatic rings. The van der Waals surface area contributed by atoms with E-state index in [4.69, 9.17) is 4.74 Å². The molecule has 0 N–H and O–H groups in total. The van der Waals surface area contributed by atoms with Crippen LogP contribution in [0.5, 0.6) is 0 Å². The number of hydrogen-bond acceptors (Lipinski definition) is 2. The summed E-state index contributed by atoms with van der Waals surface area (Å²) in [5.74, 6) is 0.738. The molecule has 0 aromatic carbocycles. The Morgan fingerprint density at radius 2 is 2.40 bits per heavy atom. The lowest BCUT2D eigenvalue weighted by molar-refractivity contribution is 0.301. The molecule has 2 heteroatoms. The van der Waals surface area contributed by atoms with E-state index in [9.17, 15) is 0 Å². The van der Waals surface area contributed by atoms with Crippen LogP contribution in [0.1, 0.15) is 11.8 Å². The zero-order chi connectivity index (χ0) is 11.1. The first-order chi connectivity index (χ1) is 7.27. The molecule has 1 heterocycles. The summed E-state index contributed by atoms with van der Waals surface area (Å²) in [6, 6.07) is 4.18. The van der Waals surface area contributed by atoms with Crippen LogP contribution in [0.3, 0.4) is 0 Å². The topological polar surface area (TPSA) is 9.23 Å². The van der Waals surface area contributed by atoms with Gasteiger partial charge in [0, 0.05) is 11.3 Å². The summed E-state index contributed by atoms with van der Waals surface area (Å²) in [6.45, 7) is 5.88. The van der Waals surface area contributed by atoms with Crippen molar-refractivity contribution < 1.29 is 4.74 Å². The maximum absolute atomic E-state index is 5.17. The predicted octanol–water partition coefficient (Wildman–Crippen LogP) is 3.95. The Kier molecular flexibility index (Phi) is 4.91. The van der Waals surface area contributed by atoms with Gasteiger partial charge in [-0.05, 0) is 23.9 Å². The first-order valence-electron chi connectivity index (χ1n) is 4.85. The van der Waals surface area contributed by atoms with Crippen molar-refractivity contribution in [2.75, 3.05) is 7.11 Å². The summed E-state index contributed by atoms with van der Waals surface area (Å²) in [5, 5.41) is 2.08. The lowest BCUT2D eigenvalue weighted by Gasteiger charge is -2.07. The Labute approximate surface area is 95.4 Å². The lowest BCUT2D eigenvalue weighted by atomic mass is 10.1. The van der Waals surface area contributed by atoms with Crippen LogP contribution >= 0.6 is 11.3 Å². The summed E-state index contributed by atoms with van der Waals surface area (Å²) in [4.78, 5) is 1.32. The van der Waals surface area contributed by atoms with Gasteiger partial charge in [-0.2, -0.15) is 0 Å². The van der Waals surface area contributed by atoms with Crippen molar-refractivity contribution >= 4 is 11.3 Å². The smallest absolute Gasteiger partial charge is 0.115 e. The molecule has 0 unspecified atom stereocenters. The van der Waals surface area contributed by atoms with Gasteiger partial charge >= 0.3 is 0 Å². The molecular weight excluding hydrogens is 204 g/mol. The van der Waals surface area contributed by atoms with Crippen LogP contribution in [0.15, 0.2) is 53.7 Å². The van der Waals surface area contributed by atoms with Crippen molar-refractivity contribution in [3.05, 3.63) is 58.5 Å². The molecule has 0 saturated carbocycles. The number of ether oxygens (including phenoxy) is 1. The van der Waals surface area contributed by atoms with Crippen molar-refractivity contribution in [1.82, 2.24) is 0 Å². The van der Waals surface area contributed by atoms with Crippen LogP contribution in [0, 0.1) is 0 Å². The molecule has 0 radical (unpaired) electrons. The van der Waals surface area contributed by atoms with E-state index >= 15 is 0 Å². The van der Waals surface area contributed by atoms with Gasteiger partial charge < -0.3 is 4.74 Å². The first kappa shape index (κ1) is 11.8. The largest absolute Gasteiger partial charge is 0.497 e. The fourth-order valence-corrected chi connectivity index (χ4v) is 1.92. The molecule has 80 valence electrons. The summed E-state index contributed by atoms with van der Waals surface area (Å²) >= 11 is 1.75. The highest BCUT2D eigenvalue weighted by atomic mass is 32.1. The van der Waals surface area contributed by atoms with Crippen LogP contribution in [-0.2, 0) is 11.2 Å². The quantitative estimate of drug-likeness (QED) is 0.539. The number of allylic oxidation sites excluding steroid dienone is 4. The fourth-order valence-electron chi connectivity index (χ4n) is 1.19. The molecule has 0 amide bonds. The van der Waals surface area contributed by atoms with Gasteiger partial charge in [0.1, 0.15) is 5.76 Å². The molecule has 0 fully saturated rings. The number of methoxy groups -OCH3 is 1. The van der Waals surface area contributed by atoms with Gasteiger partial charge in [-0.3, -0.25) is 0 Å². The molecule has 0 aliphatic heterocycles. The van der Waals surface area contributed by atoms with E-state index in [1.54, 1.807) is 18.4 Å². The van der Waals surface area contributed by atoms with Crippen LogP contribution in [0.25, 0.3) is 0 Å². The Morgan fingerprint density at radius 3 is 2.93 bits per heavy atom. The van der Waals surface area contributed by atoms with Crippen LogP contribution in [0.4, 0.5) is 0 Å². The summed E-state index contributed by atoms with van der Waals surface area (Å²) in [7, 11) is 1.65. The van der Waals surface area contributed by atoms with Crippen molar-refractivity contribution in [3.63, 3.8) is 0 Å². The Hall–Kier alpha value is -1.28. The van der Waals surface area contributed by atoms with E-state index in [1.807, 2.05) is 25.2 Å². The molecule has 1 rings (SSSR count). The molecule has 0 bridgehead atoms. The molecule has 0 saturated heterocycles. The number of rotatable bonds is 5. The van der Waals surface area contributed by atoms with Crippen molar-refractivity contribution in [2.24, 2.45) is 0 Å². The molecule has 0 aliphatic rings. The van der Waals surface area contributed by atoms with Gasteiger partial charge in [0.15, 0.2) is 0 Å². The molecule has 1 aromatic heterocycles. The van der Waals surface area contributed by atoms with Gasteiger partial charge in [0.05, 0.1) is 7.11 Å². The molecule has 15 heavy (non-hydrogen) atoms.